The van der Waals surface area contributed by atoms with Crippen LogP contribution in [0.5, 0.6) is 0 Å². The summed E-state index contributed by atoms with van der Waals surface area (Å²) in [5.41, 5.74) is 5.32. The lowest BCUT2D eigenvalue weighted by Gasteiger charge is -2.20. The zero-order chi connectivity index (χ0) is 40.7. The molecule has 0 aliphatic carbocycles. The molecule has 314 valence electrons. The number of ether oxygens (including phenoxy) is 2. The van der Waals surface area contributed by atoms with Crippen LogP contribution in [0.1, 0.15) is 149 Å². The summed E-state index contributed by atoms with van der Waals surface area (Å²) in [6.07, 6.45) is 44.0. The number of carbonyl (C=O) groups is 3. The molecular weight excluding hydrogens is 721 g/mol. The fourth-order valence-electron chi connectivity index (χ4n) is 4.98. The van der Waals surface area contributed by atoms with Gasteiger partial charge in [0.2, 0.25) is 0 Å². The van der Waals surface area contributed by atoms with Gasteiger partial charge in [-0.3, -0.25) is 23.4 Å². The Kier molecular flexibility index (Phi) is 35.7. The largest absolute Gasteiger partial charge is 0.480 e. The van der Waals surface area contributed by atoms with Crippen LogP contribution in [0.25, 0.3) is 0 Å². The molecule has 0 saturated heterocycles. The van der Waals surface area contributed by atoms with Crippen LogP contribution in [0, 0.1) is 0 Å². The smallest absolute Gasteiger partial charge is 0.472 e. The first-order valence-corrected chi connectivity index (χ1v) is 22.0. The van der Waals surface area contributed by atoms with Gasteiger partial charge in [-0.15, -0.1) is 0 Å². The van der Waals surface area contributed by atoms with Gasteiger partial charge < -0.3 is 25.2 Å². The molecule has 0 radical (unpaired) electrons. The van der Waals surface area contributed by atoms with Gasteiger partial charge in [0.25, 0.3) is 0 Å². The predicted octanol–water partition coefficient (Wildman–Crippen LogP) is 10.6. The number of phosphoric ester groups is 1. The molecule has 12 heteroatoms. The zero-order valence-corrected chi connectivity index (χ0v) is 34.6. The van der Waals surface area contributed by atoms with Crippen LogP contribution >= 0.6 is 7.82 Å². The van der Waals surface area contributed by atoms with Gasteiger partial charge in [-0.25, -0.2) is 4.57 Å². The molecule has 0 saturated carbocycles. The minimum Gasteiger partial charge on any atom is -0.480 e. The third-order valence-corrected chi connectivity index (χ3v) is 9.14. The van der Waals surface area contributed by atoms with Crippen LogP contribution in [0.3, 0.4) is 0 Å². The van der Waals surface area contributed by atoms with Crippen molar-refractivity contribution in [2.24, 2.45) is 5.73 Å². The number of phosphoric acid groups is 1. The van der Waals surface area contributed by atoms with Gasteiger partial charge in [0.1, 0.15) is 12.6 Å². The number of esters is 2. The molecule has 3 unspecified atom stereocenters. The molecule has 0 rings (SSSR count). The highest BCUT2D eigenvalue weighted by molar-refractivity contribution is 7.47. The summed E-state index contributed by atoms with van der Waals surface area (Å²) >= 11 is 0. The number of rotatable bonds is 37. The van der Waals surface area contributed by atoms with Gasteiger partial charge in [0, 0.05) is 12.8 Å². The molecule has 0 amide bonds. The van der Waals surface area contributed by atoms with E-state index in [0.29, 0.717) is 19.3 Å². The summed E-state index contributed by atoms with van der Waals surface area (Å²) in [7, 11) is -4.73. The second-order valence-corrected chi connectivity index (χ2v) is 14.8. The average Bonchev–Trinajstić information content (AvgIpc) is 3.16. The zero-order valence-electron chi connectivity index (χ0n) is 33.7. The molecule has 0 aromatic heterocycles. The van der Waals surface area contributed by atoms with Crippen molar-refractivity contribution in [1.82, 2.24) is 0 Å². The maximum Gasteiger partial charge on any atom is 0.472 e. The molecule has 11 nitrogen and oxygen atoms in total. The lowest BCUT2D eigenvalue weighted by molar-refractivity contribution is -0.161. The summed E-state index contributed by atoms with van der Waals surface area (Å²) < 4.78 is 32.6. The highest BCUT2D eigenvalue weighted by Gasteiger charge is 2.28. The normalized spacial score (nSPS) is 14.5. The first kappa shape index (κ1) is 51.9. The molecule has 0 bridgehead atoms. The van der Waals surface area contributed by atoms with E-state index in [9.17, 15) is 23.8 Å². The SMILES string of the molecule is CC/C=C\C/C=C\C/C=C\C/C=C\C/C=C\CCCC(=O)OC(COC(=O)CCCCCCC/C=C\CCCCCCC)COP(=O)(O)OCC(N)C(=O)O. The van der Waals surface area contributed by atoms with Crippen LogP contribution in [-0.2, 0) is 37.5 Å². The Morgan fingerprint density at radius 2 is 1.04 bits per heavy atom. The number of carbonyl (C=O) groups excluding carboxylic acids is 2. The number of nitrogens with two attached hydrogens (primary N) is 1. The molecule has 4 N–H and O–H groups in total. The molecular formula is C43H72NO10P. The quantitative estimate of drug-likeness (QED) is 0.0236. The molecule has 0 aromatic rings. The molecule has 0 aliphatic heterocycles. The second-order valence-electron chi connectivity index (χ2n) is 13.4. The third-order valence-electron chi connectivity index (χ3n) is 8.19. The van der Waals surface area contributed by atoms with E-state index in [-0.39, 0.29) is 19.4 Å². The van der Waals surface area contributed by atoms with E-state index in [1.54, 1.807) is 0 Å². The van der Waals surface area contributed by atoms with Crippen LogP contribution in [0.4, 0.5) is 0 Å². The molecule has 0 aliphatic rings. The Labute approximate surface area is 331 Å². The number of aliphatic carboxylic acids is 1. The summed E-state index contributed by atoms with van der Waals surface area (Å²) in [4.78, 5) is 45.8. The standard InChI is InChI=1S/C43H72NO10P/c1-3-5-7-9-11-13-15-17-19-20-21-23-25-27-29-31-33-35-42(46)54-39(37-52-55(49,50)53-38-40(44)43(47)48)36-51-41(45)34-32-30-28-26-24-22-18-16-14-12-10-8-6-4-2/h5,7,11,13,16-19,21,23,27,29,39-40H,3-4,6,8-10,12,14-15,20,22,24-26,28,30-38,44H2,1-2H3,(H,47,48)(H,49,50)/b7-5-,13-11-,18-16-,19-17-,23-21-,29-27-. The minimum absolute atomic E-state index is 0.0777. The van der Waals surface area contributed by atoms with E-state index in [2.05, 4.69) is 79.1 Å². The Balaban J connectivity index is 4.54. The predicted molar refractivity (Wildman–Crippen MR) is 221 cm³/mol. The van der Waals surface area contributed by atoms with Crippen molar-refractivity contribution < 1.29 is 47.5 Å². The molecule has 0 heterocycles. The lowest BCUT2D eigenvalue weighted by Crippen LogP contribution is -2.34. The molecule has 0 aromatic carbocycles. The van der Waals surface area contributed by atoms with Crippen molar-refractivity contribution in [3.8, 4) is 0 Å². The highest BCUT2D eigenvalue weighted by atomic mass is 31.2. The van der Waals surface area contributed by atoms with Crippen molar-refractivity contribution in [3.05, 3.63) is 72.9 Å². The van der Waals surface area contributed by atoms with Crippen LogP contribution in [-0.4, -0.2) is 59.9 Å². The highest BCUT2D eigenvalue weighted by Crippen LogP contribution is 2.43. The summed E-state index contributed by atoms with van der Waals surface area (Å²) in [5.74, 6) is -2.48. The number of allylic oxidation sites excluding steroid dienone is 12. The van der Waals surface area contributed by atoms with Gasteiger partial charge in [0.15, 0.2) is 6.10 Å². The topological polar surface area (TPSA) is 172 Å². The Bertz CT molecular complexity index is 1210. The van der Waals surface area contributed by atoms with E-state index in [0.717, 1.165) is 70.6 Å². The number of hydrogen-bond acceptors (Lipinski definition) is 9. The third kappa shape index (κ3) is 37.6. The first-order chi connectivity index (χ1) is 26.6. The molecule has 3 atom stereocenters. The molecule has 0 fully saturated rings. The van der Waals surface area contributed by atoms with Crippen molar-refractivity contribution in [1.29, 1.82) is 0 Å². The van der Waals surface area contributed by atoms with Crippen LogP contribution in [0.2, 0.25) is 0 Å². The van der Waals surface area contributed by atoms with Gasteiger partial charge in [-0.05, 0) is 77.0 Å². The Hall–Kier alpha value is -3.08. The van der Waals surface area contributed by atoms with Gasteiger partial charge >= 0.3 is 25.7 Å². The van der Waals surface area contributed by atoms with Crippen molar-refractivity contribution in [3.63, 3.8) is 0 Å². The average molecular weight is 794 g/mol. The van der Waals surface area contributed by atoms with Crippen LogP contribution in [0.15, 0.2) is 72.9 Å². The van der Waals surface area contributed by atoms with E-state index in [1.807, 2.05) is 12.2 Å². The fourth-order valence-corrected chi connectivity index (χ4v) is 5.75. The van der Waals surface area contributed by atoms with Crippen molar-refractivity contribution >= 4 is 25.7 Å². The molecule has 0 spiro atoms. The monoisotopic (exact) mass is 793 g/mol. The number of carboxylic acids is 1. The van der Waals surface area contributed by atoms with Gasteiger partial charge in [0.05, 0.1) is 13.2 Å². The minimum atomic E-state index is -4.73. The maximum atomic E-state index is 12.6. The number of unbranched alkanes of at least 4 members (excludes halogenated alkanes) is 11. The van der Waals surface area contributed by atoms with Gasteiger partial charge in [-0.2, -0.15) is 0 Å². The van der Waals surface area contributed by atoms with E-state index in [4.69, 9.17) is 24.8 Å². The maximum absolute atomic E-state index is 12.6. The number of carboxylic acid groups (broad SMARTS) is 1. The molecule has 55 heavy (non-hydrogen) atoms. The van der Waals surface area contributed by atoms with Crippen molar-refractivity contribution in [2.45, 2.75) is 161 Å². The van der Waals surface area contributed by atoms with Crippen molar-refractivity contribution in [2.75, 3.05) is 19.8 Å². The second kappa shape index (κ2) is 37.8. The Morgan fingerprint density at radius 3 is 1.60 bits per heavy atom. The Morgan fingerprint density at radius 1 is 0.582 bits per heavy atom. The number of hydrogen-bond donors (Lipinski definition) is 3. The van der Waals surface area contributed by atoms with E-state index < -0.39 is 51.1 Å². The summed E-state index contributed by atoms with van der Waals surface area (Å²) in [6, 6.07) is -1.53. The van der Waals surface area contributed by atoms with Crippen LogP contribution < -0.4 is 5.73 Å². The summed E-state index contributed by atoms with van der Waals surface area (Å²) in [6.45, 7) is 2.59. The first-order valence-electron chi connectivity index (χ1n) is 20.5. The van der Waals surface area contributed by atoms with E-state index >= 15 is 0 Å². The van der Waals surface area contributed by atoms with Gasteiger partial charge in [-0.1, -0.05) is 132 Å². The van der Waals surface area contributed by atoms with E-state index in [1.165, 1.54) is 32.1 Å². The fraction of sp³-hybridized carbons (Fsp3) is 0.651. The summed E-state index contributed by atoms with van der Waals surface area (Å²) in [5, 5.41) is 8.87. The lowest BCUT2D eigenvalue weighted by atomic mass is 10.1.